The second-order valence-electron chi connectivity index (χ2n) is 6.54. The molecule has 0 aliphatic heterocycles. The van der Waals surface area contributed by atoms with Crippen LogP contribution in [0.3, 0.4) is 0 Å². The van der Waals surface area contributed by atoms with Gasteiger partial charge in [-0.1, -0.05) is 38.7 Å². The quantitative estimate of drug-likeness (QED) is 0.803. The zero-order chi connectivity index (χ0) is 14.4. The minimum atomic E-state index is 0.560. The molecule has 2 rings (SSSR count). The van der Waals surface area contributed by atoms with E-state index in [1.807, 2.05) is 0 Å². The maximum absolute atomic E-state index is 5.59. The molecule has 2 N–H and O–H groups in total. The van der Waals surface area contributed by atoms with Crippen molar-refractivity contribution >= 4 is 6.01 Å². The van der Waals surface area contributed by atoms with Crippen LogP contribution < -0.4 is 10.6 Å². The Bertz CT molecular complexity index is 391. The summed E-state index contributed by atoms with van der Waals surface area (Å²) in [6.45, 7) is 9.26. The number of hydrogen-bond acceptors (Lipinski definition) is 5. The number of rotatable bonds is 7. The van der Waals surface area contributed by atoms with E-state index in [0.717, 1.165) is 24.9 Å². The third-order valence-corrected chi connectivity index (χ3v) is 3.88. The molecule has 2 unspecified atom stereocenters. The molecular weight excluding hydrogens is 252 g/mol. The average Bonchev–Trinajstić information content (AvgIpc) is 2.84. The number of nitrogens with zero attached hydrogens (tertiary/aromatic N) is 2. The Labute approximate surface area is 121 Å². The molecule has 0 radical (unpaired) electrons. The van der Waals surface area contributed by atoms with Crippen molar-refractivity contribution in [1.29, 1.82) is 0 Å². The number of hydrogen-bond donors (Lipinski definition) is 2. The van der Waals surface area contributed by atoms with Crippen LogP contribution >= 0.6 is 0 Å². The van der Waals surface area contributed by atoms with Crippen LogP contribution in [-0.4, -0.2) is 23.3 Å². The lowest BCUT2D eigenvalue weighted by Crippen LogP contribution is -2.21. The van der Waals surface area contributed by atoms with Gasteiger partial charge >= 0.3 is 6.01 Å². The van der Waals surface area contributed by atoms with Gasteiger partial charge in [-0.25, -0.2) is 0 Å². The first-order valence-corrected chi connectivity index (χ1v) is 7.90. The lowest BCUT2D eigenvalue weighted by molar-refractivity contribution is 0.292. The summed E-state index contributed by atoms with van der Waals surface area (Å²) in [6.07, 6.45) is 5.35. The van der Waals surface area contributed by atoms with E-state index >= 15 is 0 Å². The SMILES string of the molecule is CC(C)CNCc1nnc(NCC2CCCC(C)C2)o1. The van der Waals surface area contributed by atoms with Crippen LogP contribution in [-0.2, 0) is 6.54 Å². The first-order chi connectivity index (χ1) is 9.63. The first kappa shape index (κ1) is 15.3. The van der Waals surface area contributed by atoms with E-state index in [1.165, 1.54) is 25.7 Å². The van der Waals surface area contributed by atoms with Crippen molar-refractivity contribution in [2.45, 2.75) is 53.0 Å². The van der Waals surface area contributed by atoms with Crippen LogP contribution in [0, 0.1) is 17.8 Å². The molecule has 114 valence electrons. The van der Waals surface area contributed by atoms with Gasteiger partial charge < -0.3 is 15.1 Å². The molecular formula is C15H28N4O. The molecule has 0 amide bonds. The normalized spacial score (nSPS) is 23.2. The summed E-state index contributed by atoms with van der Waals surface area (Å²) in [5, 5.41) is 14.7. The molecule has 1 fully saturated rings. The Hall–Kier alpha value is -1.10. The second kappa shape index (κ2) is 7.62. The lowest BCUT2D eigenvalue weighted by Gasteiger charge is -2.26. The molecule has 1 aliphatic rings. The van der Waals surface area contributed by atoms with E-state index in [9.17, 15) is 0 Å². The molecule has 1 saturated carbocycles. The smallest absolute Gasteiger partial charge is 0.315 e. The molecule has 1 heterocycles. The summed E-state index contributed by atoms with van der Waals surface area (Å²) in [5.74, 6) is 2.89. The van der Waals surface area contributed by atoms with Crippen LogP contribution in [0.25, 0.3) is 0 Å². The fourth-order valence-corrected chi connectivity index (χ4v) is 2.84. The van der Waals surface area contributed by atoms with E-state index < -0.39 is 0 Å². The molecule has 0 bridgehead atoms. The predicted octanol–water partition coefficient (Wildman–Crippen LogP) is 3.05. The van der Waals surface area contributed by atoms with Gasteiger partial charge in [-0.3, -0.25) is 0 Å². The summed E-state index contributed by atoms with van der Waals surface area (Å²) in [7, 11) is 0. The molecule has 0 spiro atoms. The molecule has 0 aromatic carbocycles. The van der Waals surface area contributed by atoms with Crippen molar-refractivity contribution in [1.82, 2.24) is 15.5 Å². The summed E-state index contributed by atoms with van der Waals surface area (Å²) in [6, 6.07) is 0.560. The van der Waals surface area contributed by atoms with E-state index in [4.69, 9.17) is 4.42 Å². The summed E-state index contributed by atoms with van der Waals surface area (Å²) in [5.41, 5.74) is 0. The molecule has 0 saturated heterocycles. The van der Waals surface area contributed by atoms with Crippen LogP contribution in [0.4, 0.5) is 6.01 Å². The predicted molar refractivity (Wildman–Crippen MR) is 80.5 cm³/mol. The van der Waals surface area contributed by atoms with Gasteiger partial charge in [0.2, 0.25) is 5.89 Å². The van der Waals surface area contributed by atoms with E-state index in [1.54, 1.807) is 0 Å². The minimum absolute atomic E-state index is 0.560. The van der Waals surface area contributed by atoms with Gasteiger partial charge in [-0.15, -0.1) is 5.10 Å². The summed E-state index contributed by atoms with van der Waals surface area (Å²) in [4.78, 5) is 0. The molecule has 1 aliphatic carbocycles. The highest BCUT2D eigenvalue weighted by Crippen LogP contribution is 2.28. The van der Waals surface area contributed by atoms with Gasteiger partial charge in [0.05, 0.1) is 6.54 Å². The van der Waals surface area contributed by atoms with Gasteiger partial charge in [0, 0.05) is 6.54 Å². The Kier molecular flexibility index (Phi) is 5.83. The highest BCUT2D eigenvalue weighted by Gasteiger charge is 2.19. The molecule has 1 aromatic heterocycles. The largest absolute Gasteiger partial charge is 0.407 e. The lowest BCUT2D eigenvalue weighted by atomic mass is 9.82. The molecule has 5 nitrogen and oxygen atoms in total. The van der Waals surface area contributed by atoms with Crippen molar-refractivity contribution in [3.05, 3.63) is 5.89 Å². The number of nitrogens with one attached hydrogen (secondary N) is 2. The molecule has 2 atom stereocenters. The van der Waals surface area contributed by atoms with Gasteiger partial charge in [-0.2, -0.15) is 0 Å². The van der Waals surface area contributed by atoms with Crippen molar-refractivity contribution < 1.29 is 4.42 Å². The fraction of sp³-hybridized carbons (Fsp3) is 0.867. The highest BCUT2D eigenvalue weighted by atomic mass is 16.4. The molecule has 1 aromatic rings. The minimum Gasteiger partial charge on any atom is -0.407 e. The third-order valence-electron chi connectivity index (χ3n) is 3.88. The van der Waals surface area contributed by atoms with Crippen molar-refractivity contribution in [2.75, 3.05) is 18.4 Å². The molecule has 5 heteroatoms. The maximum atomic E-state index is 5.59. The van der Waals surface area contributed by atoms with Crippen LogP contribution in [0.2, 0.25) is 0 Å². The van der Waals surface area contributed by atoms with Crippen LogP contribution in [0.1, 0.15) is 52.3 Å². The van der Waals surface area contributed by atoms with Crippen LogP contribution in [0.5, 0.6) is 0 Å². The average molecular weight is 280 g/mol. The zero-order valence-electron chi connectivity index (χ0n) is 13.0. The maximum Gasteiger partial charge on any atom is 0.315 e. The van der Waals surface area contributed by atoms with E-state index in [0.29, 0.717) is 24.4 Å². The van der Waals surface area contributed by atoms with Gasteiger partial charge in [0.15, 0.2) is 0 Å². The fourth-order valence-electron chi connectivity index (χ4n) is 2.84. The zero-order valence-corrected chi connectivity index (χ0v) is 13.0. The van der Waals surface area contributed by atoms with Gasteiger partial charge in [0.1, 0.15) is 0 Å². The van der Waals surface area contributed by atoms with Crippen molar-refractivity contribution in [3.63, 3.8) is 0 Å². The number of anilines is 1. The highest BCUT2D eigenvalue weighted by molar-refractivity contribution is 5.16. The van der Waals surface area contributed by atoms with Crippen molar-refractivity contribution in [3.8, 4) is 0 Å². The topological polar surface area (TPSA) is 63.0 Å². The van der Waals surface area contributed by atoms with Crippen molar-refractivity contribution in [2.24, 2.45) is 17.8 Å². The Morgan fingerprint density at radius 3 is 2.90 bits per heavy atom. The second-order valence-corrected chi connectivity index (χ2v) is 6.54. The van der Waals surface area contributed by atoms with Crippen LogP contribution in [0.15, 0.2) is 4.42 Å². The monoisotopic (exact) mass is 280 g/mol. The Morgan fingerprint density at radius 1 is 1.30 bits per heavy atom. The Balaban J connectivity index is 1.69. The Morgan fingerprint density at radius 2 is 2.15 bits per heavy atom. The van der Waals surface area contributed by atoms with Gasteiger partial charge in [0.25, 0.3) is 0 Å². The summed E-state index contributed by atoms with van der Waals surface area (Å²) >= 11 is 0. The first-order valence-electron chi connectivity index (χ1n) is 7.90. The molecule has 20 heavy (non-hydrogen) atoms. The standard InChI is InChI=1S/C15H28N4O/c1-11(2)8-16-10-14-18-19-15(20-14)17-9-13-6-4-5-12(3)7-13/h11-13,16H,4-10H2,1-3H3,(H,17,19). The summed E-state index contributed by atoms with van der Waals surface area (Å²) < 4.78 is 5.59. The van der Waals surface area contributed by atoms with E-state index in [2.05, 4.69) is 41.6 Å². The third kappa shape index (κ3) is 5.12. The van der Waals surface area contributed by atoms with Gasteiger partial charge in [-0.05, 0) is 37.1 Å². The number of aromatic nitrogens is 2. The van der Waals surface area contributed by atoms with E-state index in [-0.39, 0.29) is 0 Å².